The molecule has 0 saturated heterocycles. The van der Waals surface area contributed by atoms with Crippen molar-refractivity contribution in [2.75, 3.05) is 7.05 Å². The van der Waals surface area contributed by atoms with Crippen LogP contribution in [0.25, 0.3) is 10.2 Å². The van der Waals surface area contributed by atoms with Gasteiger partial charge in [0.05, 0.1) is 12.0 Å². The SMILES string of the molecule is CNC1CCC(Oc2ncnc3sc4c(c23)C[C@H](C(N)=O)OC4)CC1. The van der Waals surface area contributed by atoms with Crippen molar-refractivity contribution in [2.45, 2.75) is 57.0 Å². The van der Waals surface area contributed by atoms with E-state index >= 15 is 0 Å². The Hall–Kier alpha value is -1.77. The van der Waals surface area contributed by atoms with Crippen LogP contribution in [0.4, 0.5) is 0 Å². The van der Waals surface area contributed by atoms with Crippen LogP contribution in [0.5, 0.6) is 5.88 Å². The fraction of sp³-hybridized carbons (Fsp3) is 0.588. The highest BCUT2D eigenvalue weighted by Crippen LogP contribution is 2.39. The number of aromatic nitrogens is 2. The van der Waals surface area contributed by atoms with Crippen molar-refractivity contribution >= 4 is 27.5 Å². The van der Waals surface area contributed by atoms with Gasteiger partial charge in [-0.3, -0.25) is 4.79 Å². The molecular weight excluding hydrogens is 340 g/mol. The second-order valence-electron chi connectivity index (χ2n) is 6.65. The number of fused-ring (bicyclic) bond motifs is 3. The molecular formula is C17H22N4O3S. The number of nitrogens with two attached hydrogens (primary N) is 1. The molecule has 7 nitrogen and oxygen atoms in total. The molecule has 2 aromatic rings. The quantitative estimate of drug-likeness (QED) is 0.856. The third-order valence-corrected chi connectivity index (χ3v) is 6.23. The average Bonchev–Trinajstić information content (AvgIpc) is 3.01. The molecule has 0 spiro atoms. The number of carbonyl (C=O) groups is 1. The summed E-state index contributed by atoms with van der Waals surface area (Å²) < 4.78 is 11.8. The molecule has 1 amide bonds. The number of hydrogen-bond acceptors (Lipinski definition) is 7. The van der Waals surface area contributed by atoms with Gasteiger partial charge < -0.3 is 20.5 Å². The minimum atomic E-state index is -0.593. The van der Waals surface area contributed by atoms with Gasteiger partial charge in [0, 0.05) is 17.3 Å². The van der Waals surface area contributed by atoms with E-state index < -0.39 is 12.0 Å². The van der Waals surface area contributed by atoms with E-state index in [0.29, 0.717) is 24.9 Å². The van der Waals surface area contributed by atoms with Crippen LogP contribution in [0.3, 0.4) is 0 Å². The Balaban J connectivity index is 1.62. The fourth-order valence-corrected chi connectivity index (χ4v) is 4.74. The van der Waals surface area contributed by atoms with Gasteiger partial charge in [0.1, 0.15) is 23.4 Å². The summed E-state index contributed by atoms with van der Waals surface area (Å²) in [6.45, 7) is 0.386. The number of primary amides is 1. The summed E-state index contributed by atoms with van der Waals surface area (Å²) in [7, 11) is 2.01. The zero-order chi connectivity index (χ0) is 17.4. The summed E-state index contributed by atoms with van der Waals surface area (Å²) in [5.41, 5.74) is 6.47. The Bertz CT molecular complexity index is 786. The van der Waals surface area contributed by atoms with Gasteiger partial charge in [0.25, 0.3) is 0 Å². The van der Waals surface area contributed by atoms with E-state index in [9.17, 15) is 4.79 Å². The molecule has 0 bridgehead atoms. The van der Waals surface area contributed by atoms with Gasteiger partial charge in [0.2, 0.25) is 11.8 Å². The molecule has 1 saturated carbocycles. The number of thiophene rings is 1. The summed E-state index contributed by atoms with van der Waals surface area (Å²) >= 11 is 1.58. The molecule has 1 aliphatic carbocycles. The van der Waals surface area contributed by atoms with Gasteiger partial charge in [0.15, 0.2) is 0 Å². The van der Waals surface area contributed by atoms with Gasteiger partial charge in [-0.1, -0.05) is 0 Å². The molecule has 0 radical (unpaired) electrons. The third-order valence-electron chi connectivity index (χ3n) is 5.12. The fourth-order valence-electron chi connectivity index (χ4n) is 3.66. The van der Waals surface area contributed by atoms with Crippen molar-refractivity contribution in [2.24, 2.45) is 5.73 Å². The topological polar surface area (TPSA) is 99.4 Å². The van der Waals surface area contributed by atoms with E-state index in [2.05, 4.69) is 15.3 Å². The highest BCUT2D eigenvalue weighted by atomic mass is 32.1. The third kappa shape index (κ3) is 3.21. The molecule has 3 N–H and O–H groups in total. The van der Waals surface area contributed by atoms with Crippen molar-refractivity contribution in [1.82, 2.24) is 15.3 Å². The van der Waals surface area contributed by atoms with Crippen molar-refractivity contribution < 1.29 is 14.3 Å². The number of ether oxygens (including phenoxy) is 2. The minimum Gasteiger partial charge on any atom is -0.474 e. The van der Waals surface area contributed by atoms with Crippen LogP contribution in [0, 0.1) is 0 Å². The maximum Gasteiger partial charge on any atom is 0.246 e. The van der Waals surface area contributed by atoms with Gasteiger partial charge in [-0.05, 0) is 38.3 Å². The van der Waals surface area contributed by atoms with E-state index in [1.54, 1.807) is 17.7 Å². The first-order valence-corrected chi connectivity index (χ1v) is 9.47. The average molecular weight is 362 g/mol. The van der Waals surface area contributed by atoms with Gasteiger partial charge in [-0.2, -0.15) is 0 Å². The Morgan fingerprint density at radius 3 is 2.88 bits per heavy atom. The first-order chi connectivity index (χ1) is 12.2. The molecule has 2 aromatic heterocycles. The standard InChI is InChI=1S/C17H22N4O3S/c1-19-9-2-4-10(5-3-9)24-16-14-11-6-12(15(18)22)23-7-13(11)25-17(14)21-8-20-16/h8-10,12,19H,2-7H2,1H3,(H2,18,22)/t9?,10?,12-/m1/s1. The zero-order valence-corrected chi connectivity index (χ0v) is 15.0. The van der Waals surface area contributed by atoms with Gasteiger partial charge in [-0.25, -0.2) is 9.97 Å². The van der Waals surface area contributed by atoms with Crippen LogP contribution < -0.4 is 15.8 Å². The number of nitrogens with zero attached hydrogens (tertiary/aromatic N) is 2. The van der Waals surface area contributed by atoms with E-state index in [0.717, 1.165) is 46.3 Å². The lowest BCUT2D eigenvalue weighted by Crippen LogP contribution is -2.35. The molecule has 0 aromatic carbocycles. The summed E-state index contributed by atoms with van der Waals surface area (Å²) in [4.78, 5) is 22.2. The van der Waals surface area contributed by atoms with E-state index in [-0.39, 0.29) is 6.10 Å². The van der Waals surface area contributed by atoms with E-state index in [1.807, 2.05) is 7.05 Å². The summed E-state index contributed by atoms with van der Waals surface area (Å²) in [5.74, 6) is 0.190. The second-order valence-corrected chi connectivity index (χ2v) is 7.73. The molecule has 8 heteroatoms. The van der Waals surface area contributed by atoms with Crippen LogP contribution in [0.15, 0.2) is 6.33 Å². The largest absolute Gasteiger partial charge is 0.474 e. The Kier molecular flexibility index (Phi) is 4.58. The molecule has 4 rings (SSSR count). The van der Waals surface area contributed by atoms with Gasteiger partial charge in [-0.15, -0.1) is 11.3 Å². The number of rotatable bonds is 4. The summed E-state index contributed by atoms with van der Waals surface area (Å²) in [6.07, 6.45) is 5.82. The second kappa shape index (κ2) is 6.86. The van der Waals surface area contributed by atoms with Crippen LogP contribution in [0.2, 0.25) is 0 Å². The predicted octanol–water partition coefficient (Wildman–Crippen LogP) is 1.53. The Morgan fingerprint density at radius 1 is 1.36 bits per heavy atom. The van der Waals surface area contributed by atoms with Crippen LogP contribution in [-0.4, -0.2) is 41.2 Å². The van der Waals surface area contributed by atoms with Crippen molar-refractivity contribution in [3.8, 4) is 5.88 Å². The zero-order valence-electron chi connectivity index (χ0n) is 14.2. The van der Waals surface area contributed by atoms with Crippen molar-refractivity contribution in [3.05, 3.63) is 16.8 Å². The molecule has 1 aliphatic heterocycles. The van der Waals surface area contributed by atoms with E-state index in [4.69, 9.17) is 15.2 Å². The normalized spacial score (nSPS) is 26.4. The highest BCUT2D eigenvalue weighted by molar-refractivity contribution is 7.18. The first-order valence-electron chi connectivity index (χ1n) is 8.65. The van der Waals surface area contributed by atoms with Crippen LogP contribution in [0.1, 0.15) is 36.1 Å². The number of carbonyl (C=O) groups excluding carboxylic acids is 1. The molecule has 3 heterocycles. The summed E-state index contributed by atoms with van der Waals surface area (Å²) in [6, 6.07) is 0.577. The molecule has 2 aliphatic rings. The monoisotopic (exact) mass is 362 g/mol. The highest BCUT2D eigenvalue weighted by Gasteiger charge is 2.30. The summed E-state index contributed by atoms with van der Waals surface area (Å²) in [5, 5.41) is 4.26. The van der Waals surface area contributed by atoms with Crippen molar-refractivity contribution in [1.29, 1.82) is 0 Å². The Morgan fingerprint density at radius 2 is 2.16 bits per heavy atom. The molecule has 25 heavy (non-hydrogen) atoms. The lowest BCUT2D eigenvalue weighted by atomic mass is 9.93. The predicted molar refractivity (Wildman–Crippen MR) is 94.6 cm³/mol. The molecule has 1 atom stereocenters. The number of nitrogens with one attached hydrogen (secondary N) is 1. The lowest BCUT2D eigenvalue weighted by Gasteiger charge is -2.28. The van der Waals surface area contributed by atoms with Crippen LogP contribution >= 0.6 is 11.3 Å². The maximum absolute atomic E-state index is 11.5. The van der Waals surface area contributed by atoms with Crippen molar-refractivity contribution in [3.63, 3.8) is 0 Å². The maximum atomic E-state index is 11.5. The molecule has 134 valence electrons. The number of hydrogen-bond donors (Lipinski definition) is 2. The van der Waals surface area contributed by atoms with E-state index in [1.165, 1.54) is 0 Å². The molecule has 0 unspecified atom stereocenters. The van der Waals surface area contributed by atoms with Crippen LogP contribution in [-0.2, 0) is 22.6 Å². The first kappa shape index (κ1) is 16.7. The number of amides is 1. The smallest absolute Gasteiger partial charge is 0.246 e. The molecule has 1 fully saturated rings. The minimum absolute atomic E-state index is 0.171. The lowest BCUT2D eigenvalue weighted by molar-refractivity contribution is -0.130. The Labute approximate surface area is 149 Å². The van der Waals surface area contributed by atoms with Gasteiger partial charge >= 0.3 is 0 Å².